The van der Waals surface area contributed by atoms with E-state index in [1.807, 2.05) is 5.38 Å². The third-order valence-electron chi connectivity index (χ3n) is 3.24. The Labute approximate surface area is 127 Å². The van der Waals surface area contributed by atoms with Crippen LogP contribution in [0.15, 0.2) is 17.5 Å². The number of amides is 2. The monoisotopic (exact) mass is 311 g/mol. The molecule has 0 saturated heterocycles. The van der Waals surface area contributed by atoms with Crippen LogP contribution in [-0.2, 0) is 4.79 Å². The van der Waals surface area contributed by atoms with Gasteiger partial charge in [-0.05, 0) is 42.4 Å². The lowest BCUT2D eigenvalue weighted by atomic mass is 10.0. The van der Waals surface area contributed by atoms with Gasteiger partial charge >= 0.3 is 0 Å². The number of thiophene rings is 1. The van der Waals surface area contributed by atoms with Gasteiger partial charge in [0.15, 0.2) is 5.11 Å². The molecule has 0 spiro atoms. The van der Waals surface area contributed by atoms with Gasteiger partial charge in [-0.2, -0.15) is 0 Å². The van der Waals surface area contributed by atoms with Crippen molar-refractivity contribution in [3.63, 3.8) is 0 Å². The van der Waals surface area contributed by atoms with Crippen molar-refractivity contribution in [3.05, 3.63) is 22.4 Å². The van der Waals surface area contributed by atoms with Gasteiger partial charge in [0.2, 0.25) is 5.91 Å². The summed E-state index contributed by atoms with van der Waals surface area (Å²) in [6.07, 6.45) is 5.14. The van der Waals surface area contributed by atoms with E-state index in [4.69, 9.17) is 12.2 Å². The summed E-state index contributed by atoms with van der Waals surface area (Å²) < 4.78 is 0. The highest BCUT2D eigenvalue weighted by atomic mass is 32.1. The van der Waals surface area contributed by atoms with E-state index in [1.165, 1.54) is 24.2 Å². The summed E-state index contributed by atoms with van der Waals surface area (Å²) in [5.41, 5.74) is 4.98. The zero-order valence-electron chi connectivity index (χ0n) is 11.0. The van der Waals surface area contributed by atoms with Gasteiger partial charge in [-0.25, -0.2) is 0 Å². The number of carbonyl (C=O) groups is 2. The highest BCUT2D eigenvalue weighted by molar-refractivity contribution is 7.80. The van der Waals surface area contributed by atoms with Crippen LogP contribution in [0.5, 0.6) is 0 Å². The predicted molar refractivity (Wildman–Crippen MR) is 82.2 cm³/mol. The van der Waals surface area contributed by atoms with Crippen molar-refractivity contribution in [1.82, 2.24) is 16.2 Å². The summed E-state index contributed by atoms with van der Waals surface area (Å²) in [6, 6.07) is 3.50. The van der Waals surface area contributed by atoms with E-state index in [0.717, 1.165) is 12.8 Å². The Morgan fingerprint density at radius 1 is 1.30 bits per heavy atom. The van der Waals surface area contributed by atoms with Crippen LogP contribution in [0.2, 0.25) is 0 Å². The fraction of sp³-hybridized carbons (Fsp3) is 0.462. The van der Waals surface area contributed by atoms with Crippen LogP contribution in [0.4, 0.5) is 0 Å². The number of carbonyl (C=O) groups excluding carboxylic acids is 2. The fourth-order valence-corrected chi connectivity index (χ4v) is 3.05. The molecule has 0 radical (unpaired) electrons. The molecule has 0 bridgehead atoms. The molecule has 2 amide bonds. The maximum atomic E-state index is 11.7. The standard InChI is InChI=1S/C13H17N3O2S2/c17-11(8-9-4-1-2-5-9)14-13(19)16-15-12(18)10-6-3-7-20-10/h3,6-7,9H,1-2,4-5,8H2,(H,15,18)(H2,14,16,17,19). The average molecular weight is 311 g/mol. The lowest BCUT2D eigenvalue weighted by molar-refractivity contribution is -0.120. The van der Waals surface area contributed by atoms with Crippen LogP contribution in [-0.4, -0.2) is 16.9 Å². The van der Waals surface area contributed by atoms with Crippen LogP contribution in [0.1, 0.15) is 41.8 Å². The number of hydrogen-bond donors (Lipinski definition) is 3. The van der Waals surface area contributed by atoms with E-state index in [1.54, 1.807) is 12.1 Å². The lowest BCUT2D eigenvalue weighted by Gasteiger charge is -2.12. The third kappa shape index (κ3) is 4.57. The summed E-state index contributed by atoms with van der Waals surface area (Å²) >= 11 is 6.30. The second-order valence-electron chi connectivity index (χ2n) is 4.79. The summed E-state index contributed by atoms with van der Waals surface area (Å²) in [7, 11) is 0. The molecule has 1 saturated carbocycles. The first-order chi connectivity index (χ1) is 9.65. The maximum absolute atomic E-state index is 11.7. The molecule has 7 heteroatoms. The Kier molecular flexibility index (Phi) is 5.49. The molecule has 1 fully saturated rings. The summed E-state index contributed by atoms with van der Waals surface area (Å²) in [5, 5.41) is 4.52. The van der Waals surface area contributed by atoms with E-state index in [-0.39, 0.29) is 16.9 Å². The van der Waals surface area contributed by atoms with Gasteiger partial charge < -0.3 is 5.32 Å². The predicted octanol–water partition coefficient (Wildman–Crippen LogP) is 1.96. The summed E-state index contributed by atoms with van der Waals surface area (Å²) in [4.78, 5) is 24.0. The van der Waals surface area contributed by atoms with Gasteiger partial charge in [-0.15, -0.1) is 11.3 Å². The zero-order chi connectivity index (χ0) is 14.4. The number of hydrazine groups is 1. The molecule has 2 rings (SSSR count). The fourth-order valence-electron chi connectivity index (χ4n) is 2.27. The molecular weight excluding hydrogens is 294 g/mol. The Balaban J connectivity index is 1.67. The first kappa shape index (κ1) is 14.9. The topological polar surface area (TPSA) is 70.2 Å². The van der Waals surface area contributed by atoms with E-state index < -0.39 is 0 Å². The molecule has 1 aliphatic carbocycles. The lowest BCUT2D eigenvalue weighted by Crippen LogP contribution is -2.48. The van der Waals surface area contributed by atoms with Crippen molar-refractivity contribution in [2.24, 2.45) is 5.92 Å². The van der Waals surface area contributed by atoms with Gasteiger partial charge in [-0.1, -0.05) is 18.9 Å². The number of hydrogen-bond acceptors (Lipinski definition) is 4. The van der Waals surface area contributed by atoms with Gasteiger partial charge in [0, 0.05) is 6.42 Å². The quantitative estimate of drug-likeness (QED) is 0.589. The molecule has 108 valence electrons. The molecule has 5 nitrogen and oxygen atoms in total. The molecule has 0 unspecified atom stereocenters. The Hall–Kier alpha value is -1.47. The number of rotatable bonds is 3. The molecule has 1 aromatic rings. The first-order valence-corrected chi connectivity index (χ1v) is 7.87. The van der Waals surface area contributed by atoms with Crippen LogP contribution in [0.3, 0.4) is 0 Å². The van der Waals surface area contributed by atoms with E-state index in [2.05, 4.69) is 16.2 Å². The van der Waals surface area contributed by atoms with Crippen LogP contribution >= 0.6 is 23.6 Å². The average Bonchev–Trinajstić information content (AvgIpc) is 3.08. The van der Waals surface area contributed by atoms with Gasteiger partial charge in [-0.3, -0.25) is 20.4 Å². The van der Waals surface area contributed by atoms with Crippen molar-refractivity contribution in [3.8, 4) is 0 Å². The van der Waals surface area contributed by atoms with E-state index in [9.17, 15) is 9.59 Å². The molecule has 0 atom stereocenters. The van der Waals surface area contributed by atoms with Gasteiger partial charge in [0.05, 0.1) is 4.88 Å². The second-order valence-corrected chi connectivity index (χ2v) is 6.14. The van der Waals surface area contributed by atoms with E-state index in [0.29, 0.717) is 17.2 Å². The normalized spacial score (nSPS) is 14.8. The third-order valence-corrected chi connectivity index (χ3v) is 4.31. The SMILES string of the molecule is O=C(CC1CCCC1)NC(=S)NNC(=O)c1cccs1. The molecule has 1 aromatic heterocycles. The number of thiocarbonyl (C=S) groups is 1. The van der Waals surface area contributed by atoms with Crippen molar-refractivity contribution < 1.29 is 9.59 Å². The van der Waals surface area contributed by atoms with Crippen molar-refractivity contribution in [1.29, 1.82) is 0 Å². The zero-order valence-corrected chi connectivity index (χ0v) is 12.6. The second kappa shape index (κ2) is 7.35. The van der Waals surface area contributed by atoms with Gasteiger partial charge in [0.1, 0.15) is 0 Å². The van der Waals surface area contributed by atoms with E-state index >= 15 is 0 Å². The molecule has 0 aromatic carbocycles. The van der Waals surface area contributed by atoms with Crippen LogP contribution < -0.4 is 16.2 Å². The summed E-state index contributed by atoms with van der Waals surface area (Å²) in [6.45, 7) is 0. The van der Waals surface area contributed by atoms with Crippen molar-refractivity contribution >= 4 is 40.5 Å². The highest BCUT2D eigenvalue weighted by Crippen LogP contribution is 2.27. The minimum atomic E-state index is -0.271. The maximum Gasteiger partial charge on any atom is 0.279 e. The molecular formula is C13H17N3O2S2. The molecule has 1 aliphatic rings. The Bertz CT molecular complexity index is 482. The Morgan fingerprint density at radius 2 is 2.05 bits per heavy atom. The minimum absolute atomic E-state index is 0.0974. The van der Waals surface area contributed by atoms with Gasteiger partial charge in [0.25, 0.3) is 5.91 Å². The largest absolute Gasteiger partial charge is 0.302 e. The first-order valence-electron chi connectivity index (χ1n) is 6.59. The smallest absolute Gasteiger partial charge is 0.279 e. The molecule has 3 N–H and O–H groups in total. The molecule has 0 aliphatic heterocycles. The molecule has 20 heavy (non-hydrogen) atoms. The van der Waals surface area contributed by atoms with Crippen molar-refractivity contribution in [2.75, 3.05) is 0 Å². The Morgan fingerprint density at radius 3 is 2.70 bits per heavy atom. The minimum Gasteiger partial charge on any atom is -0.302 e. The number of nitrogens with one attached hydrogen (secondary N) is 3. The van der Waals surface area contributed by atoms with Crippen LogP contribution in [0.25, 0.3) is 0 Å². The summed E-state index contributed by atoms with van der Waals surface area (Å²) in [5.74, 6) is 0.102. The van der Waals surface area contributed by atoms with Crippen molar-refractivity contribution in [2.45, 2.75) is 32.1 Å². The molecule has 1 heterocycles. The van der Waals surface area contributed by atoms with Crippen LogP contribution in [0, 0.1) is 5.92 Å². The highest BCUT2D eigenvalue weighted by Gasteiger charge is 2.18.